The normalized spacial score (nSPS) is 12.9. The van der Waals surface area contributed by atoms with Gasteiger partial charge in [-0.3, -0.25) is 4.79 Å². The fraction of sp³-hybridized carbons (Fsp3) is 0.300. The van der Waals surface area contributed by atoms with Gasteiger partial charge in [0.25, 0.3) is 0 Å². The van der Waals surface area contributed by atoms with Crippen molar-refractivity contribution < 1.29 is 27.8 Å². The second-order valence-electron chi connectivity index (χ2n) is 6.59. The first-order valence-corrected chi connectivity index (χ1v) is 9.37. The number of halogens is 3. The number of alkyl halides is 3. The summed E-state index contributed by atoms with van der Waals surface area (Å²) in [6.45, 7) is 5.13. The number of hydrogen-bond donors (Lipinski definition) is 1. The van der Waals surface area contributed by atoms with Gasteiger partial charge in [-0.05, 0) is 60.9 Å². The third-order valence-electron chi connectivity index (χ3n) is 4.59. The zero-order chi connectivity index (χ0) is 20.6. The Balaban J connectivity index is 1.83. The Morgan fingerprint density at radius 2 is 2.00 bits per heavy atom. The van der Waals surface area contributed by atoms with Crippen LogP contribution in [-0.2, 0) is 17.6 Å². The first kappa shape index (κ1) is 20.1. The first-order valence-electron chi connectivity index (χ1n) is 8.49. The molecule has 28 heavy (non-hydrogen) atoms. The van der Waals surface area contributed by atoms with Crippen molar-refractivity contribution in [3.63, 3.8) is 0 Å². The average Bonchev–Trinajstić information content (AvgIpc) is 3.03. The van der Waals surface area contributed by atoms with Crippen molar-refractivity contribution in [2.24, 2.45) is 0 Å². The van der Waals surface area contributed by atoms with Gasteiger partial charge in [-0.1, -0.05) is 6.07 Å². The van der Waals surface area contributed by atoms with Gasteiger partial charge in [0.2, 0.25) is 0 Å². The number of hydrogen-bond acceptors (Lipinski definition) is 4. The molecule has 3 aromatic rings. The standard InChI is InChI=1S/C20H18F3NO3S/c1-10-6-14(7-16-18(10)15(9-28-16)11(2)19(25)26)27-8-13-4-5-17(20(21,22)23)24-12(13)3/h4-7,9,11H,8H2,1-3H3,(H,25,26). The van der Waals surface area contributed by atoms with E-state index in [9.17, 15) is 23.1 Å². The molecule has 0 fully saturated rings. The fourth-order valence-electron chi connectivity index (χ4n) is 2.97. The minimum atomic E-state index is -4.48. The van der Waals surface area contributed by atoms with Crippen LogP contribution in [-0.4, -0.2) is 16.1 Å². The lowest BCUT2D eigenvalue weighted by Crippen LogP contribution is -2.10. The third-order valence-corrected chi connectivity index (χ3v) is 5.54. The molecule has 0 spiro atoms. The van der Waals surface area contributed by atoms with Crippen LogP contribution in [0.1, 0.15) is 40.9 Å². The molecule has 0 aliphatic heterocycles. The van der Waals surface area contributed by atoms with Crippen molar-refractivity contribution >= 4 is 27.4 Å². The van der Waals surface area contributed by atoms with Gasteiger partial charge in [-0.15, -0.1) is 11.3 Å². The van der Waals surface area contributed by atoms with Crippen LogP contribution in [0.3, 0.4) is 0 Å². The number of pyridine rings is 1. The van der Waals surface area contributed by atoms with E-state index in [0.29, 0.717) is 11.3 Å². The molecule has 0 amide bonds. The number of aromatic nitrogens is 1. The van der Waals surface area contributed by atoms with Crippen LogP contribution in [0.15, 0.2) is 29.6 Å². The third kappa shape index (κ3) is 3.96. The lowest BCUT2D eigenvalue weighted by Gasteiger charge is -2.12. The summed E-state index contributed by atoms with van der Waals surface area (Å²) in [5.41, 5.74) is 1.56. The fourth-order valence-corrected chi connectivity index (χ4v) is 4.12. The number of rotatable bonds is 5. The van der Waals surface area contributed by atoms with Crippen molar-refractivity contribution in [2.75, 3.05) is 0 Å². The predicted molar refractivity (Wildman–Crippen MR) is 101 cm³/mol. The maximum atomic E-state index is 12.7. The highest BCUT2D eigenvalue weighted by molar-refractivity contribution is 7.17. The molecule has 3 rings (SSSR count). The summed E-state index contributed by atoms with van der Waals surface area (Å²) in [6, 6.07) is 5.94. The Labute approximate surface area is 163 Å². The number of carboxylic acids is 1. The number of thiophene rings is 1. The van der Waals surface area contributed by atoms with Crippen LogP contribution in [0.25, 0.3) is 10.1 Å². The largest absolute Gasteiger partial charge is 0.489 e. The zero-order valence-electron chi connectivity index (χ0n) is 15.4. The van der Waals surface area contributed by atoms with Gasteiger partial charge in [0.1, 0.15) is 18.1 Å². The smallest absolute Gasteiger partial charge is 0.433 e. The number of aryl methyl sites for hydroxylation is 2. The van der Waals surface area contributed by atoms with Crippen molar-refractivity contribution in [2.45, 2.75) is 39.5 Å². The molecule has 0 saturated carbocycles. The molecule has 0 radical (unpaired) electrons. The SMILES string of the molecule is Cc1nc(C(F)(F)F)ccc1COc1cc(C)c2c(C(C)C(=O)O)csc2c1. The van der Waals surface area contributed by atoms with Crippen LogP contribution >= 0.6 is 11.3 Å². The van der Waals surface area contributed by atoms with Gasteiger partial charge in [0.05, 0.1) is 5.92 Å². The first-order chi connectivity index (χ1) is 13.1. The van der Waals surface area contributed by atoms with Gasteiger partial charge >= 0.3 is 12.1 Å². The van der Waals surface area contributed by atoms with Gasteiger partial charge in [-0.25, -0.2) is 4.98 Å². The number of carboxylic acid groups (broad SMARTS) is 1. The minimum Gasteiger partial charge on any atom is -0.489 e. The number of fused-ring (bicyclic) bond motifs is 1. The minimum absolute atomic E-state index is 0.0890. The summed E-state index contributed by atoms with van der Waals surface area (Å²) in [5, 5.41) is 12.0. The topological polar surface area (TPSA) is 59.4 Å². The van der Waals surface area contributed by atoms with Crippen LogP contribution < -0.4 is 4.74 Å². The number of nitrogens with zero attached hydrogens (tertiary/aromatic N) is 1. The highest BCUT2D eigenvalue weighted by Crippen LogP contribution is 2.37. The van der Waals surface area contributed by atoms with Gasteiger partial charge in [-0.2, -0.15) is 13.2 Å². The molecule has 1 N–H and O–H groups in total. The van der Waals surface area contributed by atoms with Crippen molar-refractivity contribution in [1.82, 2.24) is 4.98 Å². The molecule has 0 saturated heterocycles. The second-order valence-corrected chi connectivity index (χ2v) is 7.50. The Morgan fingerprint density at radius 3 is 2.61 bits per heavy atom. The molecule has 2 heterocycles. The van der Waals surface area contributed by atoms with Crippen molar-refractivity contribution in [1.29, 1.82) is 0 Å². The zero-order valence-corrected chi connectivity index (χ0v) is 16.2. The molecule has 0 aliphatic carbocycles. The quantitative estimate of drug-likeness (QED) is 0.587. The lowest BCUT2D eigenvalue weighted by atomic mass is 9.98. The average molecular weight is 409 g/mol. The molecule has 2 aromatic heterocycles. The number of aliphatic carboxylic acids is 1. The number of benzene rings is 1. The van der Waals surface area contributed by atoms with Gasteiger partial charge < -0.3 is 9.84 Å². The molecule has 1 unspecified atom stereocenters. The van der Waals surface area contributed by atoms with E-state index in [4.69, 9.17) is 4.74 Å². The van der Waals surface area contributed by atoms with E-state index in [-0.39, 0.29) is 12.3 Å². The van der Waals surface area contributed by atoms with E-state index in [0.717, 1.165) is 27.3 Å². The predicted octanol–water partition coefficient (Wildman–Crippen LogP) is 5.70. The monoisotopic (exact) mass is 409 g/mol. The summed E-state index contributed by atoms with van der Waals surface area (Å²) in [5.74, 6) is -0.925. The Morgan fingerprint density at radius 1 is 1.29 bits per heavy atom. The van der Waals surface area contributed by atoms with E-state index in [1.165, 1.54) is 24.3 Å². The number of carbonyl (C=O) groups is 1. The molecule has 148 valence electrons. The van der Waals surface area contributed by atoms with Crippen molar-refractivity contribution in [3.8, 4) is 5.75 Å². The van der Waals surface area contributed by atoms with Crippen LogP contribution in [0.2, 0.25) is 0 Å². The highest BCUT2D eigenvalue weighted by atomic mass is 32.1. The van der Waals surface area contributed by atoms with E-state index in [1.54, 1.807) is 13.0 Å². The van der Waals surface area contributed by atoms with E-state index >= 15 is 0 Å². The summed E-state index contributed by atoms with van der Waals surface area (Å²) in [6.07, 6.45) is -4.48. The maximum absolute atomic E-state index is 12.7. The maximum Gasteiger partial charge on any atom is 0.433 e. The van der Waals surface area contributed by atoms with Gasteiger partial charge in [0.15, 0.2) is 0 Å². The molecular formula is C20H18F3NO3S. The van der Waals surface area contributed by atoms with E-state index in [1.807, 2.05) is 18.4 Å². The summed E-state index contributed by atoms with van der Waals surface area (Å²) < 4.78 is 44.8. The molecule has 1 atom stereocenters. The lowest BCUT2D eigenvalue weighted by molar-refractivity contribution is -0.141. The Bertz CT molecular complexity index is 1040. The summed E-state index contributed by atoms with van der Waals surface area (Å²) in [4.78, 5) is 14.9. The molecular weight excluding hydrogens is 391 g/mol. The Kier molecular flexibility index (Phi) is 5.34. The second kappa shape index (κ2) is 7.43. The van der Waals surface area contributed by atoms with Crippen LogP contribution in [0, 0.1) is 13.8 Å². The van der Waals surface area contributed by atoms with Crippen molar-refractivity contribution in [3.05, 3.63) is 57.7 Å². The highest BCUT2D eigenvalue weighted by Gasteiger charge is 2.32. The van der Waals surface area contributed by atoms with E-state index < -0.39 is 23.8 Å². The molecule has 0 aliphatic rings. The summed E-state index contributed by atoms with van der Waals surface area (Å²) in [7, 11) is 0. The van der Waals surface area contributed by atoms with Crippen LogP contribution in [0.5, 0.6) is 5.75 Å². The molecule has 0 bridgehead atoms. The van der Waals surface area contributed by atoms with Crippen LogP contribution in [0.4, 0.5) is 13.2 Å². The summed E-state index contributed by atoms with van der Waals surface area (Å²) >= 11 is 1.44. The molecule has 1 aromatic carbocycles. The Hall–Kier alpha value is -2.61. The van der Waals surface area contributed by atoms with Gasteiger partial charge in [0, 0.05) is 16.0 Å². The molecule has 8 heteroatoms. The number of ether oxygens (including phenoxy) is 1. The van der Waals surface area contributed by atoms with E-state index in [2.05, 4.69) is 4.98 Å². The molecule has 4 nitrogen and oxygen atoms in total.